The van der Waals surface area contributed by atoms with E-state index >= 15 is 0 Å². The number of aryl methyl sites for hydroxylation is 1. The van der Waals surface area contributed by atoms with E-state index in [0.717, 1.165) is 33.4 Å². The molecule has 22 heavy (non-hydrogen) atoms. The maximum absolute atomic E-state index is 13.4. The molecule has 3 heterocycles. The Labute approximate surface area is 124 Å². The number of hydrogen-bond donors (Lipinski definition) is 0. The van der Waals surface area contributed by atoms with E-state index in [4.69, 9.17) is 0 Å². The van der Waals surface area contributed by atoms with E-state index in [1.807, 2.05) is 37.5 Å². The highest BCUT2D eigenvalue weighted by atomic mass is 19.2. The number of hydrogen-bond acceptors (Lipinski definition) is 2. The van der Waals surface area contributed by atoms with Crippen LogP contribution in [-0.4, -0.2) is 14.5 Å². The molecule has 3 aromatic heterocycles. The van der Waals surface area contributed by atoms with Crippen LogP contribution in [0.2, 0.25) is 0 Å². The van der Waals surface area contributed by atoms with Crippen LogP contribution in [0.25, 0.3) is 32.9 Å². The van der Waals surface area contributed by atoms with Crippen LogP contribution < -0.4 is 0 Å². The van der Waals surface area contributed by atoms with E-state index in [-0.39, 0.29) is 0 Å². The molecule has 0 N–H and O–H groups in total. The lowest BCUT2D eigenvalue weighted by Crippen LogP contribution is -1.91. The predicted molar refractivity (Wildman–Crippen MR) is 81.4 cm³/mol. The van der Waals surface area contributed by atoms with Crippen LogP contribution in [0.3, 0.4) is 0 Å². The number of nitrogens with zero attached hydrogens (tertiary/aromatic N) is 3. The lowest BCUT2D eigenvalue weighted by atomic mass is 10.1. The molecule has 4 aromatic rings. The number of benzene rings is 1. The van der Waals surface area contributed by atoms with Crippen molar-refractivity contribution in [2.75, 3.05) is 0 Å². The standard InChI is InChI=1S/C17H11F2N3/c1-22-15-4-5-20-9-13(15)12-3-2-10(7-16(12)22)11-6-14(18)17(19)21-8-11/h2-9H,1H3. The van der Waals surface area contributed by atoms with Crippen molar-refractivity contribution in [1.82, 2.24) is 14.5 Å². The molecule has 3 nitrogen and oxygen atoms in total. The first-order valence-electron chi connectivity index (χ1n) is 6.79. The van der Waals surface area contributed by atoms with Crippen molar-refractivity contribution in [3.05, 3.63) is 60.7 Å². The zero-order chi connectivity index (χ0) is 15.3. The van der Waals surface area contributed by atoms with Crippen LogP contribution in [0, 0.1) is 11.8 Å². The number of aromatic nitrogens is 3. The van der Waals surface area contributed by atoms with Gasteiger partial charge >= 0.3 is 0 Å². The van der Waals surface area contributed by atoms with Gasteiger partial charge in [0.15, 0.2) is 5.82 Å². The first-order chi connectivity index (χ1) is 10.6. The third-order valence-corrected chi connectivity index (χ3v) is 3.94. The molecule has 0 saturated carbocycles. The average molecular weight is 295 g/mol. The Kier molecular flexibility index (Phi) is 2.69. The fourth-order valence-corrected chi connectivity index (χ4v) is 2.81. The molecule has 0 unspecified atom stereocenters. The minimum Gasteiger partial charge on any atom is -0.343 e. The Morgan fingerprint density at radius 3 is 2.59 bits per heavy atom. The summed E-state index contributed by atoms with van der Waals surface area (Å²) in [6.45, 7) is 0. The van der Waals surface area contributed by atoms with Crippen LogP contribution in [0.1, 0.15) is 0 Å². The van der Waals surface area contributed by atoms with Gasteiger partial charge in [0.05, 0.1) is 5.52 Å². The second kappa shape index (κ2) is 4.59. The second-order valence-electron chi connectivity index (χ2n) is 5.18. The molecule has 0 saturated heterocycles. The molecule has 0 amide bonds. The van der Waals surface area contributed by atoms with Gasteiger partial charge in [-0.3, -0.25) is 4.98 Å². The molecular formula is C17H11F2N3. The molecule has 4 rings (SSSR count). The number of pyridine rings is 2. The van der Waals surface area contributed by atoms with Crippen LogP contribution in [-0.2, 0) is 7.05 Å². The van der Waals surface area contributed by atoms with Gasteiger partial charge in [0.1, 0.15) is 0 Å². The first-order valence-corrected chi connectivity index (χ1v) is 6.79. The molecule has 0 atom stereocenters. The molecule has 108 valence electrons. The van der Waals surface area contributed by atoms with E-state index < -0.39 is 11.8 Å². The number of fused-ring (bicyclic) bond motifs is 3. The topological polar surface area (TPSA) is 30.7 Å². The van der Waals surface area contributed by atoms with Gasteiger partial charge in [0.25, 0.3) is 0 Å². The van der Waals surface area contributed by atoms with Crippen molar-refractivity contribution in [1.29, 1.82) is 0 Å². The van der Waals surface area contributed by atoms with Gasteiger partial charge in [0, 0.05) is 47.5 Å². The van der Waals surface area contributed by atoms with Crippen molar-refractivity contribution in [2.45, 2.75) is 0 Å². The van der Waals surface area contributed by atoms with E-state index in [1.165, 1.54) is 6.20 Å². The SMILES string of the molecule is Cn1c2ccncc2c2ccc(-c3cnc(F)c(F)c3)cc21. The average Bonchev–Trinajstić information content (AvgIpc) is 2.83. The first kappa shape index (κ1) is 12.9. The molecule has 0 aliphatic rings. The number of halogens is 2. The molecule has 0 radical (unpaired) electrons. The predicted octanol–water partition coefficient (Wildman–Crippen LogP) is 4.07. The van der Waals surface area contributed by atoms with Crippen molar-refractivity contribution >= 4 is 21.8 Å². The molecular weight excluding hydrogens is 284 g/mol. The Bertz CT molecular complexity index is 1020. The highest BCUT2D eigenvalue weighted by Gasteiger charge is 2.11. The fourth-order valence-electron chi connectivity index (χ4n) is 2.81. The Balaban J connectivity index is 1.99. The van der Waals surface area contributed by atoms with Crippen molar-refractivity contribution < 1.29 is 8.78 Å². The monoisotopic (exact) mass is 295 g/mol. The van der Waals surface area contributed by atoms with Gasteiger partial charge in [-0.15, -0.1) is 0 Å². The molecule has 0 bridgehead atoms. The summed E-state index contributed by atoms with van der Waals surface area (Å²) in [7, 11) is 1.97. The second-order valence-corrected chi connectivity index (χ2v) is 5.18. The molecule has 0 aliphatic heterocycles. The molecule has 0 fully saturated rings. The van der Waals surface area contributed by atoms with Crippen LogP contribution >= 0.6 is 0 Å². The number of rotatable bonds is 1. The summed E-state index contributed by atoms with van der Waals surface area (Å²) >= 11 is 0. The minimum absolute atomic E-state index is 0.546. The third kappa shape index (κ3) is 1.79. The summed E-state index contributed by atoms with van der Waals surface area (Å²) in [5.74, 6) is -2.03. The Morgan fingerprint density at radius 1 is 0.909 bits per heavy atom. The Hall–Kier alpha value is -2.82. The van der Waals surface area contributed by atoms with Gasteiger partial charge in [-0.05, 0) is 23.8 Å². The van der Waals surface area contributed by atoms with E-state index in [1.54, 1.807) is 6.20 Å². The maximum Gasteiger partial charge on any atom is 0.248 e. The summed E-state index contributed by atoms with van der Waals surface area (Å²) in [5, 5.41) is 2.14. The summed E-state index contributed by atoms with van der Waals surface area (Å²) < 4.78 is 28.4. The van der Waals surface area contributed by atoms with Crippen LogP contribution in [0.5, 0.6) is 0 Å². The quantitative estimate of drug-likeness (QED) is 0.496. The fraction of sp³-hybridized carbons (Fsp3) is 0.0588. The lowest BCUT2D eigenvalue weighted by molar-refractivity contribution is 0.480. The van der Waals surface area contributed by atoms with Gasteiger partial charge in [-0.1, -0.05) is 12.1 Å². The molecule has 5 heteroatoms. The third-order valence-electron chi connectivity index (χ3n) is 3.94. The maximum atomic E-state index is 13.4. The van der Waals surface area contributed by atoms with Crippen molar-refractivity contribution in [3.8, 4) is 11.1 Å². The molecule has 1 aromatic carbocycles. The smallest absolute Gasteiger partial charge is 0.248 e. The summed E-state index contributed by atoms with van der Waals surface area (Å²) in [4.78, 5) is 7.61. The van der Waals surface area contributed by atoms with Gasteiger partial charge in [-0.25, -0.2) is 9.37 Å². The highest BCUT2D eigenvalue weighted by Crippen LogP contribution is 2.31. The molecule has 0 aliphatic carbocycles. The van der Waals surface area contributed by atoms with E-state index in [9.17, 15) is 8.78 Å². The van der Waals surface area contributed by atoms with Gasteiger partial charge in [-0.2, -0.15) is 4.39 Å². The zero-order valence-electron chi connectivity index (χ0n) is 11.7. The summed E-state index contributed by atoms with van der Waals surface area (Å²) in [5.41, 5.74) is 3.41. The summed E-state index contributed by atoms with van der Waals surface area (Å²) in [6, 6.07) is 8.91. The van der Waals surface area contributed by atoms with Gasteiger partial charge in [0.2, 0.25) is 5.95 Å². The highest BCUT2D eigenvalue weighted by molar-refractivity contribution is 6.08. The van der Waals surface area contributed by atoms with Crippen molar-refractivity contribution in [2.24, 2.45) is 7.05 Å². The molecule has 0 spiro atoms. The lowest BCUT2D eigenvalue weighted by Gasteiger charge is -2.04. The van der Waals surface area contributed by atoms with E-state index in [2.05, 4.69) is 14.5 Å². The van der Waals surface area contributed by atoms with Crippen LogP contribution in [0.4, 0.5) is 8.78 Å². The summed E-state index contributed by atoms with van der Waals surface area (Å²) in [6.07, 6.45) is 4.92. The van der Waals surface area contributed by atoms with Gasteiger partial charge < -0.3 is 4.57 Å². The zero-order valence-corrected chi connectivity index (χ0v) is 11.7. The van der Waals surface area contributed by atoms with Crippen molar-refractivity contribution in [3.63, 3.8) is 0 Å². The largest absolute Gasteiger partial charge is 0.343 e. The van der Waals surface area contributed by atoms with E-state index in [0.29, 0.717) is 5.56 Å². The van der Waals surface area contributed by atoms with Crippen LogP contribution in [0.15, 0.2) is 48.9 Å². The Morgan fingerprint density at radius 2 is 1.77 bits per heavy atom. The minimum atomic E-state index is -1.08. The normalized spacial score (nSPS) is 11.4.